The normalized spacial score (nSPS) is 22.9. The molecule has 1 aromatic heterocycles. The van der Waals surface area contributed by atoms with Crippen LogP contribution in [-0.4, -0.2) is 22.6 Å². The van der Waals surface area contributed by atoms with Gasteiger partial charge in [0, 0.05) is 17.6 Å². The van der Waals surface area contributed by atoms with Crippen LogP contribution in [0.4, 0.5) is 0 Å². The summed E-state index contributed by atoms with van der Waals surface area (Å²) in [6.07, 6.45) is 9.00. The van der Waals surface area contributed by atoms with Gasteiger partial charge in [-0.25, -0.2) is 4.98 Å². The lowest BCUT2D eigenvalue weighted by molar-refractivity contribution is 0.302. The highest BCUT2D eigenvalue weighted by molar-refractivity contribution is 5.63. The van der Waals surface area contributed by atoms with Gasteiger partial charge in [-0.15, -0.1) is 0 Å². The molecule has 2 aromatic rings. The lowest BCUT2D eigenvalue weighted by atomic mass is 9.90. The molecule has 20 heavy (non-hydrogen) atoms. The number of aryl methyl sites for hydroxylation is 1. The summed E-state index contributed by atoms with van der Waals surface area (Å²) in [7, 11) is 2.07. The molecular formula is C17H23N3. The quantitative estimate of drug-likeness (QED) is 0.923. The zero-order valence-corrected chi connectivity index (χ0v) is 12.3. The first-order valence-electron chi connectivity index (χ1n) is 7.54. The zero-order chi connectivity index (χ0) is 13.9. The van der Waals surface area contributed by atoms with E-state index in [0.29, 0.717) is 12.1 Å². The molecule has 0 aliphatic heterocycles. The van der Waals surface area contributed by atoms with Crippen molar-refractivity contribution in [3.8, 4) is 11.3 Å². The van der Waals surface area contributed by atoms with E-state index in [1.54, 1.807) is 0 Å². The minimum Gasteiger partial charge on any atom is -0.327 e. The third-order valence-electron chi connectivity index (χ3n) is 4.59. The molecule has 3 rings (SSSR count). The number of imidazole rings is 1. The van der Waals surface area contributed by atoms with Gasteiger partial charge < -0.3 is 9.88 Å². The van der Waals surface area contributed by atoms with Gasteiger partial charge in [0.25, 0.3) is 0 Å². The second kappa shape index (κ2) is 5.80. The molecule has 0 radical (unpaired) electrons. The first-order valence-corrected chi connectivity index (χ1v) is 7.54. The largest absolute Gasteiger partial charge is 0.327 e. The summed E-state index contributed by atoms with van der Waals surface area (Å²) in [6.45, 7) is 2.17. The molecule has 1 aliphatic rings. The first kappa shape index (κ1) is 13.4. The molecule has 1 N–H and O–H groups in total. The lowest BCUT2D eigenvalue weighted by Crippen LogP contribution is -2.31. The minimum absolute atomic E-state index is 0.594. The summed E-state index contributed by atoms with van der Waals surface area (Å²) in [5, 5.41) is 3.40. The fourth-order valence-electron chi connectivity index (χ4n) is 3.31. The zero-order valence-electron chi connectivity index (χ0n) is 12.3. The molecular weight excluding hydrogens is 246 g/mol. The van der Waals surface area contributed by atoms with Gasteiger partial charge >= 0.3 is 0 Å². The standard InChI is InChI=1S/C17H23N3/c1-13-5-3-4-6-16(13)17-11-19-12-20(17)15-9-7-14(18-2)8-10-15/h3-6,11-12,14-15,18H,7-10H2,1-2H3. The number of hydrogen-bond acceptors (Lipinski definition) is 2. The fraction of sp³-hybridized carbons (Fsp3) is 0.471. The molecule has 0 spiro atoms. The second-order valence-electron chi connectivity index (χ2n) is 5.80. The SMILES string of the molecule is CNC1CCC(n2cncc2-c2ccccc2C)CC1. The summed E-state index contributed by atoms with van der Waals surface area (Å²) in [5.41, 5.74) is 3.88. The molecule has 1 aliphatic carbocycles. The van der Waals surface area contributed by atoms with Crippen molar-refractivity contribution in [3.63, 3.8) is 0 Å². The van der Waals surface area contributed by atoms with E-state index in [2.05, 4.69) is 53.1 Å². The van der Waals surface area contributed by atoms with Crippen LogP contribution in [0.5, 0.6) is 0 Å². The monoisotopic (exact) mass is 269 g/mol. The number of nitrogens with zero attached hydrogens (tertiary/aromatic N) is 2. The topological polar surface area (TPSA) is 29.9 Å². The van der Waals surface area contributed by atoms with Gasteiger partial charge in [0.1, 0.15) is 0 Å². The van der Waals surface area contributed by atoms with Gasteiger partial charge in [-0.2, -0.15) is 0 Å². The number of aromatic nitrogens is 2. The Hall–Kier alpha value is -1.61. The van der Waals surface area contributed by atoms with Crippen LogP contribution in [0, 0.1) is 6.92 Å². The molecule has 0 unspecified atom stereocenters. The average molecular weight is 269 g/mol. The maximum Gasteiger partial charge on any atom is 0.0953 e. The van der Waals surface area contributed by atoms with Crippen molar-refractivity contribution < 1.29 is 0 Å². The molecule has 0 atom stereocenters. The fourth-order valence-corrected chi connectivity index (χ4v) is 3.31. The Balaban J connectivity index is 1.86. The Morgan fingerprint density at radius 1 is 1.15 bits per heavy atom. The third kappa shape index (κ3) is 2.50. The molecule has 106 valence electrons. The van der Waals surface area contributed by atoms with E-state index in [4.69, 9.17) is 0 Å². The molecule has 0 bridgehead atoms. The van der Waals surface area contributed by atoms with Crippen molar-refractivity contribution in [2.45, 2.75) is 44.7 Å². The number of benzene rings is 1. The molecule has 3 heteroatoms. The van der Waals surface area contributed by atoms with E-state index in [-0.39, 0.29) is 0 Å². The third-order valence-corrected chi connectivity index (χ3v) is 4.59. The van der Waals surface area contributed by atoms with Gasteiger partial charge in [0.15, 0.2) is 0 Å². The smallest absolute Gasteiger partial charge is 0.0953 e. The Morgan fingerprint density at radius 3 is 2.60 bits per heavy atom. The molecule has 1 saturated carbocycles. The van der Waals surface area contributed by atoms with Gasteiger partial charge in [0.05, 0.1) is 18.2 Å². The Labute approximate surface area is 121 Å². The molecule has 1 heterocycles. The van der Waals surface area contributed by atoms with Crippen molar-refractivity contribution >= 4 is 0 Å². The summed E-state index contributed by atoms with van der Waals surface area (Å²) >= 11 is 0. The molecule has 0 amide bonds. The van der Waals surface area contributed by atoms with E-state index in [0.717, 1.165) is 0 Å². The van der Waals surface area contributed by atoms with Crippen LogP contribution >= 0.6 is 0 Å². The number of rotatable bonds is 3. The summed E-state index contributed by atoms with van der Waals surface area (Å²) in [6, 6.07) is 9.86. The highest BCUT2D eigenvalue weighted by atomic mass is 15.1. The second-order valence-corrected chi connectivity index (χ2v) is 5.80. The van der Waals surface area contributed by atoms with Crippen molar-refractivity contribution in [2.75, 3.05) is 7.05 Å². The van der Waals surface area contributed by atoms with E-state index < -0.39 is 0 Å². The van der Waals surface area contributed by atoms with Crippen LogP contribution in [0.15, 0.2) is 36.8 Å². The average Bonchev–Trinajstić information content (AvgIpc) is 2.97. The van der Waals surface area contributed by atoms with E-state index in [1.165, 1.54) is 42.5 Å². The van der Waals surface area contributed by atoms with Crippen molar-refractivity contribution in [1.29, 1.82) is 0 Å². The van der Waals surface area contributed by atoms with E-state index >= 15 is 0 Å². The summed E-state index contributed by atoms with van der Waals surface area (Å²) < 4.78 is 2.38. The summed E-state index contributed by atoms with van der Waals surface area (Å²) in [4.78, 5) is 4.40. The maximum atomic E-state index is 4.40. The van der Waals surface area contributed by atoms with Gasteiger partial charge in [0.2, 0.25) is 0 Å². The van der Waals surface area contributed by atoms with Gasteiger partial charge in [-0.05, 0) is 45.2 Å². The van der Waals surface area contributed by atoms with Crippen LogP contribution in [0.2, 0.25) is 0 Å². The van der Waals surface area contributed by atoms with E-state index in [9.17, 15) is 0 Å². The molecule has 0 saturated heterocycles. The number of hydrogen-bond donors (Lipinski definition) is 1. The molecule has 3 nitrogen and oxygen atoms in total. The Kier molecular flexibility index (Phi) is 3.88. The molecule has 1 fully saturated rings. The predicted octanol–water partition coefficient (Wildman–Crippen LogP) is 3.56. The van der Waals surface area contributed by atoms with Gasteiger partial charge in [-0.3, -0.25) is 0 Å². The van der Waals surface area contributed by atoms with E-state index in [1.807, 2.05) is 12.5 Å². The van der Waals surface area contributed by atoms with Crippen molar-refractivity contribution in [3.05, 3.63) is 42.4 Å². The molecule has 1 aromatic carbocycles. The van der Waals surface area contributed by atoms with Crippen LogP contribution in [0.25, 0.3) is 11.3 Å². The lowest BCUT2D eigenvalue weighted by Gasteiger charge is -2.30. The number of nitrogens with one attached hydrogen (secondary N) is 1. The van der Waals surface area contributed by atoms with Gasteiger partial charge in [-0.1, -0.05) is 24.3 Å². The maximum absolute atomic E-state index is 4.40. The van der Waals surface area contributed by atoms with Crippen molar-refractivity contribution in [2.24, 2.45) is 0 Å². The Bertz CT molecular complexity index is 565. The first-order chi connectivity index (χ1) is 9.79. The van der Waals surface area contributed by atoms with Crippen LogP contribution < -0.4 is 5.32 Å². The Morgan fingerprint density at radius 2 is 1.90 bits per heavy atom. The minimum atomic E-state index is 0.594. The predicted molar refractivity (Wildman–Crippen MR) is 82.8 cm³/mol. The summed E-state index contributed by atoms with van der Waals surface area (Å²) in [5.74, 6) is 0. The highest BCUT2D eigenvalue weighted by Crippen LogP contribution is 2.33. The van der Waals surface area contributed by atoms with Crippen LogP contribution in [0.3, 0.4) is 0 Å². The van der Waals surface area contributed by atoms with Crippen LogP contribution in [0.1, 0.15) is 37.3 Å². The van der Waals surface area contributed by atoms with Crippen molar-refractivity contribution in [1.82, 2.24) is 14.9 Å². The highest BCUT2D eigenvalue weighted by Gasteiger charge is 2.23. The van der Waals surface area contributed by atoms with Crippen LogP contribution in [-0.2, 0) is 0 Å².